The Morgan fingerprint density at radius 2 is 1.74 bits per heavy atom. The summed E-state index contributed by atoms with van der Waals surface area (Å²) in [5.74, 6) is -2.43. The average Bonchev–Trinajstić information content (AvgIpc) is 2.95. The molecule has 1 N–H and O–H groups in total. The Balaban J connectivity index is 1.96. The fraction of sp³-hybridized carbons (Fsp3) is 0.316. The van der Waals surface area contributed by atoms with Crippen LogP contribution >= 0.6 is 0 Å². The van der Waals surface area contributed by atoms with Gasteiger partial charge in [-0.05, 0) is 36.2 Å². The minimum Gasteiger partial charge on any atom is -0.311 e. The first-order valence-corrected chi connectivity index (χ1v) is 9.91. The van der Waals surface area contributed by atoms with Gasteiger partial charge in [-0.25, -0.2) is 17.2 Å². The van der Waals surface area contributed by atoms with E-state index in [1.165, 1.54) is 12.1 Å². The van der Waals surface area contributed by atoms with E-state index in [0.717, 1.165) is 23.8 Å². The molecule has 27 heavy (non-hydrogen) atoms. The molecule has 1 amide bonds. The number of sulfonamides is 1. The quantitative estimate of drug-likeness (QED) is 0.863. The summed E-state index contributed by atoms with van der Waals surface area (Å²) in [6, 6.07) is 7.59. The molecule has 8 heteroatoms. The third-order valence-electron chi connectivity index (χ3n) is 4.31. The van der Waals surface area contributed by atoms with Gasteiger partial charge in [-0.1, -0.05) is 32.9 Å². The second-order valence-corrected chi connectivity index (χ2v) is 9.08. The minimum atomic E-state index is -4.46. The van der Waals surface area contributed by atoms with Crippen LogP contribution < -0.4 is 9.62 Å². The third-order valence-corrected chi connectivity index (χ3v) is 5.74. The van der Waals surface area contributed by atoms with Crippen LogP contribution in [0, 0.1) is 17.0 Å². The highest BCUT2D eigenvalue weighted by Crippen LogP contribution is 2.34. The van der Waals surface area contributed by atoms with Crippen LogP contribution in [-0.2, 0) is 21.2 Å². The van der Waals surface area contributed by atoms with Gasteiger partial charge in [0.05, 0.1) is 5.69 Å². The van der Waals surface area contributed by atoms with Gasteiger partial charge in [0, 0.05) is 17.6 Å². The number of carbonyl (C=O) groups excluding carboxylic acids is 1. The van der Waals surface area contributed by atoms with Gasteiger partial charge in [0.15, 0.2) is 4.90 Å². The van der Waals surface area contributed by atoms with Crippen LogP contribution in [0.5, 0.6) is 0 Å². The molecule has 0 aromatic heterocycles. The van der Waals surface area contributed by atoms with E-state index in [1.807, 2.05) is 0 Å². The molecule has 0 aliphatic carbocycles. The number of benzene rings is 2. The summed E-state index contributed by atoms with van der Waals surface area (Å²) >= 11 is 0. The lowest BCUT2D eigenvalue weighted by Gasteiger charge is -2.26. The molecule has 3 rings (SSSR count). The van der Waals surface area contributed by atoms with E-state index in [9.17, 15) is 22.0 Å². The first-order chi connectivity index (χ1) is 12.5. The molecule has 0 unspecified atom stereocenters. The van der Waals surface area contributed by atoms with Crippen molar-refractivity contribution in [3.8, 4) is 0 Å². The van der Waals surface area contributed by atoms with Crippen molar-refractivity contribution in [2.75, 3.05) is 16.2 Å². The summed E-state index contributed by atoms with van der Waals surface area (Å²) in [5, 5.41) is 0. The van der Waals surface area contributed by atoms with Crippen molar-refractivity contribution in [1.29, 1.82) is 0 Å². The normalized spacial score (nSPS) is 14.2. The number of carbonyl (C=O) groups is 1. The Labute approximate surface area is 157 Å². The number of nitrogens with one attached hydrogen (secondary N) is 1. The molecule has 0 radical (unpaired) electrons. The van der Waals surface area contributed by atoms with E-state index < -0.39 is 32.0 Å². The van der Waals surface area contributed by atoms with E-state index in [0.29, 0.717) is 18.7 Å². The van der Waals surface area contributed by atoms with Crippen molar-refractivity contribution in [3.05, 3.63) is 53.6 Å². The zero-order valence-corrected chi connectivity index (χ0v) is 16.0. The molecule has 0 saturated carbocycles. The summed E-state index contributed by atoms with van der Waals surface area (Å²) in [4.78, 5) is 13.2. The molecule has 0 bridgehead atoms. The zero-order valence-electron chi connectivity index (χ0n) is 15.2. The molecule has 5 nitrogen and oxygen atoms in total. The zero-order chi connectivity index (χ0) is 20.0. The lowest BCUT2D eigenvalue weighted by Crippen LogP contribution is -2.38. The van der Waals surface area contributed by atoms with Gasteiger partial charge < -0.3 is 4.90 Å². The van der Waals surface area contributed by atoms with Gasteiger partial charge in [0.1, 0.15) is 11.6 Å². The summed E-state index contributed by atoms with van der Waals surface area (Å²) in [5.41, 5.74) is 1.05. The molecule has 144 valence electrons. The van der Waals surface area contributed by atoms with Crippen molar-refractivity contribution >= 4 is 27.3 Å². The fourth-order valence-corrected chi connectivity index (χ4v) is 4.19. The molecular weight excluding hydrogens is 374 g/mol. The molecule has 1 aliphatic rings. The van der Waals surface area contributed by atoms with Crippen molar-refractivity contribution in [3.63, 3.8) is 0 Å². The summed E-state index contributed by atoms with van der Waals surface area (Å²) in [6.45, 7) is 5.92. The molecule has 1 aliphatic heterocycles. The molecule has 0 spiro atoms. The second kappa shape index (κ2) is 6.60. The van der Waals surface area contributed by atoms with Crippen LogP contribution in [-0.4, -0.2) is 20.9 Å². The highest BCUT2D eigenvalue weighted by Gasteiger charge is 2.33. The van der Waals surface area contributed by atoms with Gasteiger partial charge in [-0.15, -0.1) is 0 Å². The third kappa shape index (κ3) is 3.66. The highest BCUT2D eigenvalue weighted by molar-refractivity contribution is 7.92. The SMILES string of the molecule is CC(C)(C)C(=O)N1CCc2ccc(NS(=O)(=O)c3c(F)cccc3F)cc21. The minimum absolute atomic E-state index is 0.0820. The van der Waals surface area contributed by atoms with E-state index in [4.69, 9.17) is 0 Å². The van der Waals surface area contributed by atoms with Crippen LogP contribution in [0.15, 0.2) is 41.3 Å². The van der Waals surface area contributed by atoms with Crippen LogP contribution in [0.3, 0.4) is 0 Å². The van der Waals surface area contributed by atoms with Crippen molar-refractivity contribution < 1.29 is 22.0 Å². The number of hydrogen-bond acceptors (Lipinski definition) is 3. The number of rotatable bonds is 3. The Bertz CT molecular complexity index is 994. The molecule has 0 fully saturated rings. The maximum absolute atomic E-state index is 13.9. The van der Waals surface area contributed by atoms with Crippen LogP contribution in [0.25, 0.3) is 0 Å². The topological polar surface area (TPSA) is 66.5 Å². The molecule has 0 atom stereocenters. The maximum Gasteiger partial charge on any atom is 0.267 e. The molecule has 2 aromatic carbocycles. The Morgan fingerprint density at radius 3 is 2.33 bits per heavy atom. The predicted octanol–water partition coefficient (Wildman–Crippen LogP) is 3.70. The van der Waals surface area contributed by atoms with Gasteiger partial charge in [-0.3, -0.25) is 9.52 Å². The lowest BCUT2D eigenvalue weighted by atomic mass is 9.94. The monoisotopic (exact) mass is 394 g/mol. The number of fused-ring (bicyclic) bond motifs is 1. The summed E-state index contributed by atoms with van der Waals surface area (Å²) in [6.07, 6.45) is 0.659. The Kier molecular flexibility index (Phi) is 4.71. The largest absolute Gasteiger partial charge is 0.311 e. The number of nitrogens with zero attached hydrogens (tertiary/aromatic N) is 1. The number of amides is 1. The van der Waals surface area contributed by atoms with Gasteiger partial charge >= 0.3 is 0 Å². The summed E-state index contributed by atoms with van der Waals surface area (Å²) in [7, 11) is -4.46. The first kappa shape index (κ1) is 19.3. The van der Waals surface area contributed by atoms with Crippen LogP contribution in [0.4, 0.5) is 20.2 Å². The highest BCUT2D eigenvalue weighted by atomic mass is 32.2. The van der Waals surface area contributed by atoms with E-state index >= 15 is 0 Å². The van der Waals surface area contributed by atoms with Crippen molar-refractivity contribution in [2.45, 2.75) is 32.1 Å². The molecule has 0 saturated heterocycles. The van der Waals surface area contributed by atoms with Crippen molar-refractivity contribution in [2.24, 2.45) is 5.41 Å². The Morgan fingerprint density at radius 1 is 1.11 bits per heavy atom. The number of anilines is 2. The van der Waals surface area contributed by atoms with Crippen LogP contribution in [0.2, 0.25) is 0 Å². The number of halogens is 2. The van der Waals surface area contributed by atoms with Gasteiger partial charge in [0.2, 0.25) is 5.91 Å². The second-order valence-electron chi connectivity index (χ2n) is 7.46. The first-order valence-electron chi connectivity index (χ1n) is 8.42. The fourth-order valence-electron chi connectivity index (χ4n) is 3.00. The van der Waals surface area contributed by atoms with Crippen molar-refractivity contribution in [1.82, 2.24) is 0 Å². The Hall–Kier alpha value is -2.48. The molecule has 2 aromatic rings. The van der Waals surface area contributed by atoms with E-state index in [-0.39, 0.29) is 11.6 Å². The molecule has 1 heterocycles. The van der Waals surface area contributed by atoms with Crippen LogP contribution in [0.1, 0.15) is 26.3 Å². The maximum atomic E-state index is 13.9. The smallest absolute Gasteiger partial charge is 0.267 e. The van der Waals surface area contributed by atoms with E-state index in [1.54, 1.807) is 31.7 Å². The molecular formula is C19H20F2N2O3S. The lowest BCUT2D eigenvalue weighted by molar-refractivity contribution is -0.125. The number of hydrogen-bond donors (Lipinski definition) is 1. The average molecular weight is 394 g/mol. The van der Waals surface area contributed by atoms with E-state index in [2.05, 4.69) is 4.72 Å². The standard InChI is InChI=1S/C19H20F2N2O3S/c1-19(2,3)18(24)23-10-9-12-7-8-13(11-16(12)23)22-27(25,26)17-14(20)5-4-6-15(17)21/h4-8,11,22H,9-10H2,1-3H3. The summed E-state index contributed by atoms with van der Waals surface area (Å²) < 4.78 is 54.8. The van der Waals surface area contributed by atoms with Gasteiger partial charge in [-0.2, -0.15) is 0 Å². The van der Waals surface area contributed by atoms with Gasteiger partial charge in [0.25, 0.3) is 10.0 Å². The predicted molar refractivity (Wildman–Crippen MR) is 99.1 cm³/mol.